The van der Waals surface area contributed by atoms with Gasteiger partial charge in [0, 0.05) is 12.2 Å². The maximum Gasteiger partial charge on any atom is 0.331 e. The van der Waals surface area contributed by atoms with Crippen molar-refractivity contribution in [3.63, 3.8) is 0 Å². The van der Waals surface area contributed by atoms with Crippen molar-refractivity contribution >= 4 is 11.9 Å². The zero-order valence-electron chi connectivity index (χ0n) is 14.3. The SMILES string of the molecule is O=C1/C=C\C(=O)OCCOCCOCCOCCOCCOCCO1. The molecule has 0 aromatic heterocycles. The van der Waals surface area contributed by atoms with Gasteiger partial charge in [-0.3, -0.25) is 0 Å². The second-order valence-electron chi connectivity index (χ2n) is 4.73. The molecule has 9 nitrogen and oxygen atoms in total. The Morgan fingerprint density at radius 1 is 0.440 bits per heavy atom. The third kappa shape index (κ3) is 14.5. The minimum absolute atomic E-state index is 0.0924. The fraction of sp³-hybridized carbons (Fsp3) is 0.750. The first-order valence-corrected chi connectivity index (χ1v) is 8.19. The summed E-state index contributed by atoms with van der Waals surface area (Å²) in [6.07, 6.45) is 2.02. The van der Waals surface area contributed by atoms with Gasteiger partial charge in [0.1, 0.15) is 13.2 Å². The van der Waals surface area contributed by atoms with Crippen LogP contribution in [0.1, 0.15) is 0 Å². The number of rotatable bonds is 0. The first-order valence-electron chi connectivity index (χ1n) is 8.19. The molecule has 0 radical (unpaired) electrons. The van der Waals surface area contributed by atoms with Crippen molar-refractivity contribution < 1.29 is 42.7 Å². The highest BCUT2D eigenvalue weighted by atomic mass is 16.6. The van der Waals surface area contributed by atoms with Crippen molar-refractivity contribution in [1.29, 1.82) is 0 Å². The van der Waals surface area contributed by atoms with Crippen LogP contribution < -0.4 is 0 Å². The number of ether oxygens (including phenoxy) is 7. The van der Waals surface area contributed by atoms with Gasteiger partial charge >= 0.3 is 11.9 Å². The van der Waals surface area contributed by atoms with Crippen molar-refractivity contribution in [3.05, 3.63) is 12.2 Å². The lowest BCUT2D eigenvalue weighted by atomic mass is 10.5. The van der Waals surface area contributed by atoms with E-state index in [9.17, 15) is 9.59 Å². The van der Waals surface area contributed by atoms with Crippen molar-refractivity contribution in [1.82, 2.24) is 0 Å². The zero-order chi connectivity index (χ0) is 18.0. The second-order valence-corrected chi connectivity index (χ2v) is 4.73. The number of hydrogen-bond acceptors (Lipinski definition) is 9. The van der Waals surface area contributed by atoms with E-state index in [1.54, 1.807) is 0 Å². The molecule has 1 rings (SSSR count). The van der Waals surface area contributed by atoms with Gasteiger partial charge in [0.2, 0.25) is 0 Å². The Balaban J connectivity index is 2.23. The van der Waals surface area contributed by atoms with Gasteiger partial charge in [-0.2, -0.15) is 0 Å². The number of carbonyl (C=O) groups excluding carboxylic acids is 2. The van der Waals surface area contributed by atoms with Crippen LogP contribution in [0.4, 0.5) is 0 Å². The standard InChI is InChI=1S/C16H26O9/c17-15-1-2-16(18)25-14-12-23-10-8-21-6-4-19-3-5-20-7-9-22-11-13-24-15/h1-2H,3-14H2/b2-1-. The lowest BCUT2D eigenvalue weighted by Gasteiger charge is -2.08. The number of hydrogen-bond donors (Lipinski definition) is 0. The predicted molar refractivity (Wildman–Crippen MR) is 85.2 cm³/mol. The summed E-state index contributed by atoms with van der Waals surface area (Å²) >= 11 is 0. The van der Waals surface area contributed by atoms with E-state index in [0.29, 0.717) is 52.9 Å². The molecule has 0 N–H and O–H groups in total. The highest BCUT2D eigenvalue weighted by Crippen LogP contribution is 1.89. The maximum atomic E-state index is 11.4. The number of cyclic esters (lactones) is 2. The lowest BCUT2D eigenvalue weighted by molar-refractivity contribution is -0.142. The topological polar surface area (TPSA) is 98.8 Å². The third-order valence-electron chi connectivity index (χ3n) is 2.79. The Morgan fingerprint density at radius 2 is 0.680 bits per heavy atom. The molecule has 0 atom stereocenters. The van der Waals surface area contributed by atoms with Crippen LogP contribution in [-0.2, 0) is 42.7 Å². The Bertz CT molecular complexity index is 350. The summed E-state index contributed by atoms with van der Waals surface area (Å²) < 4.78 is 36.1. The summed E-state index contributed by atoms with van der Waals surface area (Å²) in [4.78, 5) is 22.7. The Kier molecular flexibility index (Phi) is 13.8. The first kappa shape index (κ1) is 21.5. The summed E-state index contributed by atoms with van der Waals surface area (Å²) in [5.41, 5.74) is 0. The molecule has 0 spiro atoms. The minimum atomic E-state index is -0.638. The molecule has 0 amide bonds. The van der Waals surface area contributed by atoms with Gasteiger partial charge in [-0.1, -0.05) is 0 Å². The molecule has 1 aliphatic heterocycles. The van der Waals surface area contributed by atoms with E-state index < -0.39 is 11.9 Å². The molecule has 1 heterocycles. The molecule has 144 valence electrons. The largest absolute Gasteiger partial charge is 0.460 e. The Morgan fingerprint density at radius 3 is 0.960 bits per heavy atom. The van der Waals surface area contributed by atoms with Crippen LogP contribution >= 0.6 is 0 Å². The molecule has 0 fully saturated rings. The van der Waals surface area contributed by atoms with Crippen molar-refractivity contribution in [3.8, 4) is 0 Å². The molecule has 0 aromatic rings. The molecule has 0 bridgehead atoms. The summed E-state index contributed by atoms with van der Waals surface area (Å²) in [6.45, 7) is 4.23. The zero-order valence-corrected chi connectivity index (χ0v) is 14.3. The molecule has 0 saturated heterocycles. The van der Waals surface area contributed by atoms with E-state index in [2.05, 4.69) is 0 Å². The fourth-order valence-corrected chi connectivity index (χ4v) is 1.62. The van der Waals surface area contributed by atoms with Crippen molar-refractivity contribution in [2.24, 2.45) is 0 Å². The van der Waals surface area contributed by atoms with E-state index in [1.807, 2.05) is 0 Å². The third-order valence-corrected chi connectivity index (χ3v) is 2.79. The van der Waals surface area contributed by atoms with Gasteiger partial charge in [-0.15, -0.1) is 0 Å². The quantitative estimate of drug-likeness (QED) is 0.539. The van der Waals surface area contributed by atoms with Crippen LogP contribution in [0.5, 0.6) is 0 Å². The highest BCUT2D eigenvalue weighted by Gasteiger charge is 2.02. The molecule has 1 aliphatic rings. The van der Waals surface area contributed by atoms with Crippen LogP contribution in [-0.4, -0.2) is 91.2 Å². The molecule has 0 aromatic carbocycles. The van der Waals surface area contributed by atoms with E-state index in [0.717, 1.165) is 12.2 Å². The Labute approximate surface area is 147 Å². The summed E-state index contributed by atoms with van der Waals surface area (Å²) in [7, 11) is 0. The number of carbonyl (C=O) groups is 2. The van der Waals surface area contributed by atoms with E-state index in [1.165, 1.54) is 0 Å². The summed E-state index contributed by atoms with van der Waals surface area (Å²) in [5, 5.41) is 0. The van der Waals surface area contributed by atoms with Crippen LogP contribution in [0.2, 0.25) is 0 Å². The van der Waals surface area contributed by atoms with E-state index >= 15 is 0 Å². The average Bonchev–Trinajstić information content (AvgIpc) is 2.61. The normalized spacial score (nSPS) is 23.2. The molecular formula is C16H26O9. The summed E-state index contributed by atoms with van der Waals surface area (Å²) in [6, 6.07) is 0. The maximum absolute atomic E-state index is 11.4. The number of esters is 2. The van der Waals surface area contributed by atoms with Gasteiger partial charge < -0.3 is 33.2 Å². The van der Waals surface area contributed by atoms with Crippen LogP contribution in [0.3, 0.4) is 0 Å². The van der Waals surface area contributed by atoms with Crippen LogP contribution in [0.25, 0.3) is 0 Å². The Hall–Kier alpha value is -1.52. The van der Waals surface area contributed by atoms with Gasteiger partial charge in [0.25, 0.3) is 0 Å². The monoisotopic (exact) mass is 362 g/mol. The van der Waals surface area contributed by atoms with Crippen molar-refractivity contribution in [2.45, 2.75) is 0 Å². The smallest absolute Gasteiger partial charge is 0.331 e. The van der Waals surface area contributed by atoms with Gasteiger partial charge in [-0.25, -0.2) is 9.59 Å². The van der Waals surface area contributed by atoms with E-state index in [-0.39, 0.29) is 26.4 Å². The minimum Gasteiger partial charge on any atom is -0.460 e. The molecule has 0 unspecified atom stereocenters. The average molecular weight is 362 g/mol. The first-order chi connectivity index (χ1) is 12.3. The van der Waals surface area contributed by atoms with Gasteiger partial charge in [0.15, 0.2) is 0 Å². The van der Waals surface area contributed by atoms with Crippen molar-refractivity contribution in [2.75, 3.05) is 79.3 Å². The second kappa shape index (κ2) is 16.0. The predicted octanol–water partition coefficient (Wildman–Crippen LogP) is -0.274. The lowest BCUT2D eigenvalue weighted by Crippen LogP contribution is -2.14. The summed E-state index contributed by atoms with van der Waals surface area (Å²) in [5.74, 6) is -1.28. The molecule has 9 heteroatoms. The molecular weight excluding hydrogens is 336 g/mol. The highest BCUT2D eigenvalue weighted by molar-refractivity contribution is 5.91. The molecule has 0 saturated carbocycles. The fourth-order valence-electron chi connectivity index (χ4n) is 1.62. The van der Waals surface area contributed by atoms with E-state index in [4.69, 9.17) is 33.2 Å². The van der Waals surface area contributed by atoms with Gasteiger partial charge in [-0.05, 0) is 0 Å². The van der Waals surface area contributed by atoms with Crippen LogP contribution in [0.15, 0.2) is 12.2 Å². The van der Waals surface area contributed by atoms with Crippen LogP contribution in [0, 0.1) is 0 Å². The molecule has 25 heavy (non-hydrogen) atoms. The molecule has 0 aliphatic carbocycles. The van der Waals surface area contributed by atoms with Gasteiger partial charge in [0.05, 0.1) is 66.1 Å².